The van der Waals surface area contributed by atoms with Gasteiger partial charge in [-0.3, -0.25) is 38.5 Å². The third-order valence-electron chi connectivity index (χ3n) is 14.5. The normalized spacial score (nSPS) is 32.5. The zero-order valence-corrected chi connectivity index (χ0v) is 35.8. The third-order valence-corrected chi connectivity index (χ3v) is 14.5. The van der Waals surface area contributed by atoms with E-state index in [4.69, 9.17) is 9.47 Å². The highest BCUT2D eigenvalue weighted by atomic mass is 16.7. The molecule has 1 saturated heterocycles. The minimum absolute atomic E-state index is 0.0106. The Labute approximate surface area is 365 Å². The summed E-state index contributed by atoms with van der Waals surface area (Å²) in [6.45, 7) is 6.36. The zero-order valence-electron chi connectivity index (χ0n) is 35.8. The Bertz CT molecular complexity index is 2320. The van der Waals surface area contributed by atoms with Crippen LogP contribution in [0.2, 0.25) is 0 Å². The van der Waals surface area contributed by atoms with Crippen LogP contribution in [0.5, 0.6) is 0 Å². The van der Waals surface area contributed by atoms with Crippen LogP contribution < -0.4 is 16.0 Å². The van der Waals surface area contributed by atoms with Crippen LogP contribution in [0.15, 0.2) is 84.5 Å². The Hall–Kier alpha value is -5.61. The number of Topliss-reactive ketones (excluding diaryl/α,β-unsaturated/α-hetero) is 1. The van der Waals surface area contributed by atoms with Gasteiger partial charge in [-0.05, 0) is 93.2 Å². The molecule has 2 aromatic carbocycles. The molecule has 4 aliphatic carbocycles. The predicted octanol–water partition coefficient (Wildman–Crippen LogP) is 3.14. The molecule has 0 bridgehead atoms. The summed E-state index contributed by atoms with van der Waals surface area (Å²) in [6.07, 6.45) is 7.89. The molecule has 2 aromatic rings. The van der Waals surface area contributed by atoms with Crippen LogP contribution in [0.1, 0.15) is 82.8 Å². The fourth-order valence-corrected chi connectivity index (χ4v) is 11.4. The van der Waals surface area contributed by atoms with E-state index < -0.39 is 88.9 Å². The first-order chi connectivity index (χ1) is 29.9. The molecule has 15 nitrogen and oxygen atoms in total. The number of nitrogens with zero attached hydrogens (tertiary/aromatic N) is 1. The second kappa shape index (κ2) is 16.8. The number of hydrogen-bond acceptors (Lipinski definition) is 11. The molecule has 0 radical (unpaired) electrons. The molecule has 332 valence electrons. The molecule has 2 aliphatic heterocycles. The number of rotatable bonds is 13. The van der Waals surface area contributed by atoms with Gasteiger partial charge in [0.15, 0.2) is 23.5 Å². The highest BCUT2D eigenvalue weighted by Crippen LogP contribution is 2.69. The van der Waals surface area contributed by atoms with E-state index in [-0.39, 0.29) is 36.5 Å². The number of hydrogen-bond donors (Lipinski definition) is 5. The van der Waals surface area contributed by atoms with Crippen LogP contribution in [-0.2, 0) is 49.5 Å². The maximum atomic E-state index is 13.8. The maximum absolute atomic E-state index is 13.8. The smallest absolute Gasteiger partial charge is 0.253 e. The molecule has 5 amide bonds. The minimum atomic E-state index is -1.38. The van der Waals surface area contributed by atoms with Gasteiger partial charge < -0.3 is 35.6 Å². The summed E-state index contributed by atoms with van der Waals surface area (Å²) < 4.78 is 13.4. The van der Waals surface area contributed by atoms with Crippen LogP contribution in [0.4, 0.5) is 5.69 Å². The van der Waals surface area contributed by atoms with E-state index in [2.05, 4.69) is 29.8 Å². The Morgan fingerprint density at radius 2 is 1.62 bits per heavy atom. The zero-order chi connectivity index (χ0) is 45.0. The predicted molar refractivity (Wildman–Crippen MR) is 227 cm³/mol. The van der Waals surface area contributed by atoms with Crippen LogP contribution in [-0.4, -0.2) is 99.3 Å². The lowest BCUT2D eigenvalue weighted by Gasteiger charge is -2.58. The van der Waals surface area contributed by atoms with Crippen LogP contribution in [0.3, 0.4) is 0 Å². The quantitative estimate of drug-likeness (QED) is 0.184. The van der Waals surface area contributed by atoms with Crippen molar-refractivity contribution in [2.45, 2.75) is 102 Å². The Kier molecular flexibility index (Phi) is 11.8. The molecule has 6 aliphatic rings. The Balaban J connectivity index is 0.868. The first kappa shape index (κ1) is 44.0. The van der Waals surface area contributed by atoms with E-state index in [0.29, 0.717) is 30.5 Å². The van der Waals surface area contributed by atoms with E-state index in [9.17, 15) is 43.8 Å². The maximum Gasteiger partial charge on any atom is 0.253 e. The Morgan fingerprint density at radius 1 is 0.905 bits per heavy atom. The molecule has 63 heavy (non-hydrogen) atoms. The summed E-state index contributed by atoms with van der Waals surface area (Å²) in [5.41, 5.74) is 1.69. The number of aliphatic hydroxyl groups excluding tert-OH is 2. The van der Waals surface area contributed by atoms with Crippen molar-refractivity contribution in [3.8, 4) is 0 Å². The molecule has 2 heterocycles. The number of fused-ring (bicyclic) bond motifs is 7. The summed E-state index contributed by atoms with van der Waals surface area (Å²) in [5, 5.41) is 30.1. The van der Waals surface area contributed by atoms with Crippen molar-refractivity contribution in [1.29, 1.82) is 0 Å². The van der Waals surface area contributed by atoms with Crippen molar-refractivity contribution < 1.29 is 53.2 Å². The molecule has 0 spiro atoms. The summed E-state index contributed by atoms with van der Waals surface area (Å²) in [4.78, 5) is 88.6. The van der Waals surface area contributed by atoms with Crippen molar-refractivity contribution >= 4 is 46.8 Å². The van der Waals surface area contributed by atoms with E-state index in [1.807, 2.05) is 48.5 Å². The molecule has 0 unspecified atom stereocenters. The van der Waals surface area contributed by atoms with Crippen molar-refractivity contribution in [2.75, 3.05) is 18.5 Å². The van der Waals surface area contributed by atoms with Crippen LogP contribution >= 0.6 is 0 Å². The van der Waals surface area contributed by atoms with E-state index in [1.165, 1.54) is 13.8 Å². The molecular formula is C48H54N4O11. The molecule has 8 rings (SSSR count). The standard InChI is InChI=1S/C48H54N4O11/c1-26(49-38(57)17-19-52-39(58)14-15-40(52)59)42(60)50-27(2)43(61)51-32-7-5-6-29(21-32)20-28-8-10-30(11-9-28)44-62-45-47(4)24-36(55)41-34(35(47)23-48(45,63-44)37(56)25-53)13-12-31-22-33(54)16-18-46(31,41)3/h5-11,14-16,18,21-22,26-27,34-36,41,44-45,53,55H,12-13,17,19-20,23-25H2,1-4H3,(H,49,57)(H,50,60)(H,51,61)/t26-,27-,34-,35-,36-,41+,44-,45-,46-,47-,48-/m0/s1. The van der Waals surface area contributed by atoms with Gasteiger partial charge in [0, 0.05) is 53.1 Å². The molecule has 3 saturated carbocycles. The van der Waals surface area contributed by atoms with Gasteiger partial charge in [-0.1, -0.05) is 61.9 Å². The summed E-state index contributed by atoms with van der Waals surface area (Å²) in [6, 6.07) is 13.0. The van der Waals surface area contributed by atoms with Crippen LogP contribution in [0.25, 0.3) is 0 Å². The van der Waals surface area contributed by atoms with Crippen molar-refractivity contribution in [3.05, 3.63) is 101 Å². The van der Waals surface area contributed by atoms with Gasteiger partial charge in [-0.15, -0.1) is 0 Å². The number of allylic oxidation sites excluding steroid dienone is 4. The molecular weight excluding hydrogens is 809 g/mol. The first-order valence-electron chi connectivity index (χ1n) is 21.7. The van der Waals surface area contributed by atoms with Gasteiger partial charge in [-0.2, -0.15) is 0 Å². The number of ether oxygens (including phenoxy) is 2. The minimum Gasteiger partial charge on any atom is -0.393 e. The average Bonchev–Trinajstić information content (AvgIpc) is 3.88. The number of benzene rings is 2. The van der Waals surface area contributed by atoms with E-state index in [0.717, 1.165) is 46.6 Å². The lowest BCUT2D eigenvalue weighted by atomic mass is 9.47. The van der Waals surface area contributed by atoms with Gasteiger partial charge in [0.1, 0.15) is 24.8 Å². The molecule has 5 N–H and O–H groups in total. The lowest BCUT2D eigenvalue weighted by molar-refractivity contribution is -0.165. The number of ketones is 2. The lowest BCUT2D eigenvalue weighted by Crippen LogP contribution is -2.57. The van der Waals surface area contributed by atoms with Gasteiger partial charge in [0.2, 0.25) is 17.7 Å². The highest BCUT2D eigenvalue weighted by Gasteiger charge is 2.73. The van der Waals surface area contributed by atoms with Gasteiger partial charge in [0.05, 0.1) is 6.10 Å². The van der Waals surface area contributed by atoms with E-state index in [1.54, 1.807) is 18.2 Å². The average molecular weight is 863 g/mol. The third kappa shape index (κ3) is 8.00. The fraction of sp³-hybridized carbons (Fsp3) is 0.479. The topological polar surface area (TPSA) is 218 Å². The molecule has 11 atom stereocenters. The summed E-state index contributed by atoms with van der Waals surface area (Å²) in [7, 11) is 0. The number of aliphatic hydroxyl groups is 2. The van der Waals surface area contributed by atoms with Gasteiger partial charge in [-0.25, -0.2) is 0 Å². The van der Waals surface area contributed by atoms with Gasteiger partial charge in [0.25, 0.3) is 11.8 Å². The number of anilines is 1. The van der Waals surface area contributed by atoms with Gasteiger partial charge >= 0.3 is 0 Å². The second-order valence-electron chi connectivity index (χ2n) is 18.5. The number of nitrogens with one attached hydrogen (secondary N) is 3. The number of carbonyl (C=O) groups is 7. The highest BCUT2D eigenvalue weighted by molar-refractivity contribution is 6.13. The van der Waals surface area contributed by atoms with Crippen molar-refractivity contribution in [3.63, 3.8) is 0 Å². The van der Waals surface area contributed by atoms with Crippen molar-refractivity contribution in [2.24, 2.45) is 28.6 Å². The largest absolute Gasteiger partial charge is 0.393 e. The Morgan fingerprint density at radius 3 is 2.33 bits per heavy atom. The molecule has 4 fully saturated rings. The molecule has 0 aromatic heterocycles. The fourth-order valence-electron chi connectivity index (χ4n) is 11.4. The molecule has 15 heteroatoms. The van der Waals surface area contributed by atoms with E-state index >= 15 is 0 Å². The number of imide groups is 1. The SMILES string of the molecule is C[C@H](NC(=O)CCN1C(=O)C=CC1=O)C(=O)N[C@@H](C)C(=O)Nc1cccc(Cc2ccc([C@H]3O[C@H]4[C@@]5(C)C[C@H](O)[C@H]6[C@@H](CCC7=CC(=O)C=C[C@@]76C)[C@@H]5C[C@@]4(C(=O)CO)O3)cc2)c1. The monoisotopic (exact) mass is 862 g/mol. The number of carbonyl (C=O) groups excluding carboxylic acids is 7. The summed E-state index contributed by atoms with van der Waals surface area (Å²) >= 11 is 0. The second-order valence-corrected chi connectivity index (χ2v) is 18.5. The first-order valence-corrected chi connectivity index (χ1v) is 21.7. The number of amides is 5. The summed E-state index contributed by atoms with van der Waals surface area (Å²) in [5.74, 6) is -3.13. The van der Waals surface area contributed by atoms with Crippen LogP contribution in [0, 0.1) is 28.6 Å². The van der Waals surface area contributed by atoms with Crippen molar-refractivity contribution in [1.82, 2.24) is 15.5 Å².